The second-order valence-electron chi connectivity index (χ2n) is 2.90. The van der Waals surface area contributed by atoms with Crippen LogP contribution in [-0.2, 0) is 6.42 Å². The molecule has 64 valence electrons. The van der Waals surface area contributed by atoms with E-state index in [2.05, 4.69) is 5.32 Å². The third-order valence-electron chi connectivity index (χ3n) is 1.92. The number of aliphatic hydroxyl groups excluding tert-OH is 1. The van der Waals surface area contributed by atoms with Gasteiger partial charge in [0.05, 0.1) is 10.7 Å². The van der Waals surface area contributed by atoms with Crippen LogP contribution in [0.5, 0.6) is 0 Å². The van der Waals surface area contributed by atoms with Gasteiger partial charge in [0.15, 0.2) is 0 Å². The number of aliphatic hydroxyl groups is 1. The molecule has 1 atom stereocenters. The average Bonchev–Trinajstić information content (AvgIpc) is 2.29. The molecule has 0 saturated carbocycles. The molecular weight excluding hydrogens is 176 g/mol. The lowest BCUT2D eigenvalue weighted by Crippen LogP contribution is -2.12. The Morgan fingerprint density at radius 3 is 3.08 bits per heavy atom. The van der Waals surface area contributed by atoms with Gasteiger partial charge < -0.3 is 16.2 Å². The number of nitrogen functional groups attached to an aromatic ring is 1. The Hall–Kier alpha value is -0.930. The van der Waals surface area contributed by atoms with E-state index in [0.717, 1.165) is 11.3 Å². The van der Waals surface area contributed by atoms with Gasteiger partial charge in [-0.05, 0) is 17.7 Å². The van der Waals surface area contributed by atoms with E-state index in [9.17, 15) is 5.11 Å². The van der Waals surface area contributed by atoms with E-state index < -0.39 is 6.23 Å². The van der Waals surface area contributed by atoms with Crippen molar-refractivity contribution in [2.24, 2.45) is 0 Å². The normalized spacial score (nSPS) is 20.3. The van der Waals surface area contributed by atoms with E-state index in [-0.39, 0.29) is 0 Å². The predicted molar refractivity (Wildman–Crippen MR) is 49.2 cm³/mol. The molecule has 0 aliphatic carbocycles. The van der Waals surface area contributed by atoms with Crippen LogP contribution in [0.2, 0.25) is 5.02 Å². The molecule has 1 aliphatic heterocycles. The number of rotatable bonds is 0. The monoisotopic (exact) mass is 184 g/mol. The van der Waals surface area contributed by atoms with Crippen LogP contribution < -0.4 is 11.1 Å². The molecular formula is C8H9ClN2O. The second-order valence-corrected chi connectivity index (χ2v) is 3.31. The molecule has 1 aliphatic rings. The van der Waals surface area contributed by atoms with Gasteiger partial charge in [-0.2, -0.15) is 0 Å². The van der Waals surface area contributed by atoms with Gasteiger partial charge in [-0.15, -0.1) is 0 Å². The van der Waals surface area contributed by atoms with Gasteiger partial charge >= 0.3 is 0 Å². The third-order valence-corrected chi connectivity index (χ3v) is 2.22. The molecule has 0 saturated heterocycles. The molecule has 2 rings (SSSR count). The van der Waals surface area contributed by atoms with Gasteiger partial charge in [0.2, 0.25) is 0 Å². The number of hydrogen-bond acceptors (Lipinski definition) is 3. The first kappa shape index (κ1) is 7.71. The molecule has 3 nitrogen and oxygen atoms in total. The van der Waals surface area contributed by atoms with Crippen LogP contribution in [-0.4, -0.2) is 11.3 Å². The minimum atomic E-state index is -0.528. The Kier molecular flexibility index (Phi) is 1.63. The average molecular weight is 185 g/mol. The molecule has 12 heavy (non-hydrogen) atoms. The molecule has 4 heteroatoms. The van der Waals surface area contributed by atoms with Crippen LogP contribution in [0.15, 0.2) is 12.1 Å². The van der Waals surface area contributed by atoms with E-state index >= 15 is 0 Å². The summed E-state index contributed by atoms with van der Waals surface area (Å²) < 4.78 is 0. The lowest BCUT2D eigenvalue weighted by molar-refractivity contribution is 0.212. The van der Waals surface area contributed by atoms with Gasteiger partial charge in [-0.25, -0.2) is 0 Å². The SMILES string of the molecule is Nc1cc(Cl)c2c(c1)CC(O)N2. The molecule has 0 fully saturated rings. The lowest BCUT2D eigenvalue weighted by Gasteiger charge is -2.04. The molecule has 0 amide bonds. The van der Waals surface area contributed by atoms with Crippen molar-refractivity contribution in [3.05, 3.63) is 22.7 Å². The summed E-state index contributed by atoms with van der Waals surface area (Å²) in [6.07, 6.45) is 0.0411. The fraction of sp³-hybridized carbons (Fsp3) is 0.250. The number of anilines is 2. The van der Waals surface area contributed by atoms with Crippen molar-refractivity contribution in [2.75, 3.05) is 11.1 Å². The first-order valence-corrected chi connectivity index (χ1v) is 4.07. The molecule has 1 unspecified atom stereocenters. The molecule has 1 aromatic rings. The summed E-state index contributed by atoms with van der Waals surface area (Å²) in [7, 11) is 0. The van der Waals surface area contributed by atoms with Crippen molar-refractivity contribution in [3.63, 3.8) is 0 Å². The van der Waals surface area contributed by atoms with Crippen LogP contribution in [0.25, 0.3) is 0 Å². The lowest BCUT2D eigenvalue weighted by atomic mass is 10.1. The topological polar surface area (TPSA) is 58.3 Å². The molecule has 0 spiro atoms. The summed E-state index contributed by atoms with van der Waals surface area (Å²) in [6.45, 7) is 0. The van der Waals surface area contributed by atoms with Crippen molar-refractivity contribution in [2.45, 2.75) is 12.6 Å². The summed E-state index contributed by atoms with van der Waals surface area (Å²) in [4.78, 5) is 0. The van der Waals surface area contributed by atoms with E-state index in [1.165, 1.54) is 0 Å². The van der Waals surface area contributed by atoms with Gasteiger partial charge in [0.1, 0.15) is 6.23 Å². The summed E-state index contributed by atoms with van der Waals surface area (Å²) in [6, 6.07) is 3.50. The van der Waals surface area contributed by atoms with Crippen molar-refractivity contribution in [1.29, 1.82) is 0 Å². The minimum Gasteiger partial charge on any atom is -0.399 e. The number of nitrogens with two attached hydrogens (primary N) is 1. The van der Waals surface area contributed by atoms with Crippen LogP contribution in [0.4, 0.5) is 11.4 Å². The maximum atomic E-state index is 9.26. The number of benzene rings is 1. The zero-order valence-electron chi connectivity index (χ0n) is 6.34. The standard InChI is InChI=1S/C8H9ClN2O/c9-6-3-5(10)1-4-2-7(12)11-8(4)6/h1,3,7,11-12H,2,10H2. The molecule has 1 heterocycles. The third kappa shape index (κ3) is 1.11. The maximum Gasteiger partial charge on any atom is 0.128 e. The maximum absolute atomic E-state index is 9.26. The summed E-state index contributed by atoms with van der Waals surface area (Å²) in [5, 5.41) is 12.7. The zero-order chi connectivity index (χ0) is 8.72. The van der Waals surface area contributed by atoms with Gasteiger partial charge in [-0.3, -0.25) is 0 Å². The van der Waals surface area contributed by atoms with Crippen LogP contribution in [0.1, 0.15) is 5.56 Å². The summed E-state index contributed by atoms with van der Waals surface area (Å²) in [5.41, 5.74) is 8.00. The first-order chi connectivity index (χ1) is 5.66. The number of halogens is 1. The van der Waals surface area contributed by atoms with Gasteiger partial charge in [0.25, 0.3) is 0 Å². The van der Waals surface area contributed by atoms with Crippen molar-refractivity contribution in [3.8, 4) is 0 Å². The minimum absolute atomic E-state index is 0.528. The fourth-order valence-electron chi connectivity index (χ4n) is 1.44. The second kappa shape index (κ2) is 2.54. The number of hydrogen-bond donors (Lipinski definition) is 3. The van der Waals surface area contributed by atoms with Crippen molar-refractivity contribution < 1.29 is 5.11 Å². The quantitative estimate of drug-likeness (QED) is 0.532. The first-order valence-electron chi connectivity index (χ1n) is 3.69. The molecule has 0 aromatic heterocycles. The van der Waals surface area contributed by atoms with Gasteiger partial charge in [0, 0.05) is 12.1 Å². The van der Waals surface area contributed by atoms with Crippen LogP contribution in [0, 0.1) is 0 Å². The highest BCUT2D eigenvalue weighted by Gasteiger charge is 2.20. The molecule has 0 radical (unpaired) electrons. The predicted octanol–water partition coefficient (Wildman–Crippen LogP) is 1.21. The zero-order valence-corrected chi connectivity index (χ0v) is 7.10. The Morgan fingerprint density at radius 2 is 2.33 bits per heavy atom. The number of fused-ring (bicyclic) bond motifs is 1. The molecule has 0 bridgehead atoms. The van der Waals surface area contributed by atoms with Crippen molar-refractivity contribution >= 4 is 23.0 Å². The highest BCUT2D eigenvalue weighted by atomic mass is 35.5. The van der Waals surface area contributed by atoms with E-state index in [1.807, 2.05) is 6.07 Å². The van der Waals surface area contributed by atoms with Crippen LogP contribution in [0.3, 0.4) is 0 Å². The smallest absolute Gasteiger partial charge is 0.128 e. The summed E-state index contributed by atoms with van der Waals surface area (Å²) in [5.74, 6) is 0. The summed E-state index contributed by atoms with van der Waals surface area (Å²) >= 11 is 5.89. The molecule has 1 aromatic carbocycles. The van der Waals surface area contributed by atoms with Gasteiger partial charge in [-0.1, -0.05) is 11.6 Å². The highest BCUT2D eigenvalue weighted by molar-refractivity contribution is 6.33. The Morgan fingerprint density at radius 1 is 1.58 bits per heavy atom. The molecule has 4 N–H and O–H groups in total. The Balaban J connectivity index is 2.52. The number of nitrogens with one attached hydrogen (secondary N) is 1. The largest absolute Gasteiger partial charge is 0.399 e. The van der Waals surface area contributed by atoms with E-state index in [4.69, 9.17) is 17.3 Å². The highest BCUT2D eigenvalue weighted by Crippen LogP contribution is 2.34. The Bertz CT molecular complexity index is 327. The Labute approximate surface area is 75.1 Å². The van der Waals surface area contributed by atoms with E-state index in [0.29, 0.717) is 17.1 Å². The van der Waals surface area contributed by atoms with Crippen molar-refractivity contribution in [1.82, 2.24) is 0 Å². The fourth-order valence-corrected chi connectivity index (χ4v) is 1.74. The van der Waals surface area contributed by atoms with E-state index in [1.54, 1.807) is 6.07 Å². The van der Waals surface area contributed by atoms with Crippen LogP contribution >= 0.6 is 11.6 Å².